The van der Waals surface area contributed by atoms with Crippen LogP contribution in [0.25, 0.3) is 0 Å². The smallest absolute Gasteiger partial charge is 0.149 e. The van der Waals surface area contributed by atoms with E-state index in [4.69, 9.17) is 18.0 Å². The minimum atomic E-state index is 0.404. The number of hydrogen-bond donors (Lipinski definition) is 1. The third-order valence-electron chi connectivity index (χ3n) is 2.51. The van der Waals surface area contributed by atoms with Crippen LogP contribution in [0.2, 0.25) is 0 Å². The van der Waals surface area contributed by atoms with Gasteiger partial charge < -0.3 is 10.6 Å². The monoisotopic (exact) mass is 370 g/mol. The van der Waals surface area contributed by atoms with Gasteiger partial charge in [0.05, 0.1) is 3.57 Å². The normalized spacial score (nSPS) is 10.1. The van der Waals surface area contributed by atoms with Crippen LogP contribution in [-0.2, 0) is 0 Å². The summed E-state index contributed by atoms with van der Waals surface area (Å²) in [5.41, 5.74) is 7.45. The second-order valence-electron chi connectivity index (χ2n) is 3.66. The van der Waals surface area contributed by atoms with Crippen LogP contribution in [0.4, 0.5) is 11.5 Å². The van der Waals surface area contributed by atoms with Gasteiger partial charge in [0.1, 0.15) is 17.1 Å². The van der Waals surface area contributed by atoms with Crippen LogP contribution >= 0.6 is 34.8 Å². The van der Waals surface area contributed by atoms with Gasteiger partial charge in [0.15, 0.2) is 0 Å². The average molecular weight is 370 g/mol. The van der Waals surface area contributed by atoms with Gasteiger partial charge >= 0.3 is 0 Å². The molecular weight excluding hydrogens is 359 g/mol. The fourth-order valence-electron chi connectivity index (χ4n) is 1.52. The summed E-state index contributed by atoms with van der Waals surface area (Å²) >= 11 is 7.14. The highest BCUT2D eigenvalue weighted by Gasteiger charge is 2.09. The maximum Gasteiger partial charge on any atom is 0.149 e. The highest BCUT2D eigenvalue weighted by molar-refractivity contribution is 14.1. The highest BCUT2D eigenvalue weighted by atomic mass is 127. The van der Waals surface area contributed by atoms with Gasteiger partial charge in [-0.3, -0.25) is 0 Å². The van der Waals surface area contributed by atoms with Gasteiger partial charge in [-0.2, -0.15) is 0 Å². The molecule has 2 rings (SSSR count). The molecule has 1 aromatic heterocycles. The van der Waals surface area contributed by atoms with Crippen LogP contribution in [0.15, 0.2) is 36.8 Å². The Bertz CT molecular complexity index is 571. The Balaban J connectivity index is 2.32. The molecule has 2 N–H and O–H groups in total. The molecule has 0 spiro atoms. The first-order chi connectivity index (χ1) is 8.59. The molecule has 92 valence electrons. The maximum atomic E-state index is 5.57. The van der Waals surface area contributed by atoms with Gasteiger partial charge in [0, 0.05) is 24.5 Å². The summed E-state index contributed by atoms with van der Waals surface area (Å²) in [5.74, 6) is 0.869. The first-order valence-corrected chi connectivity index (χ1v) is 6.67. The standard InChI is InChI=1S/C12H11IN4S/c1-17(12-10(13)6-15-7-16-12)9-4-2-8(3-5-9)11(14)18/h2-7H,1H3,(H2,14,18). The molecule has 4 nitrogen and oxygen atoms in total. The molecule has 0 aliphatic rings. The summed E-state index contributed by atoms with van der Waals surface area (Å²) in [6.45, 7) is 0. The third-order valence-corrected chi connectivity index (χ3v) is 3.50. The van der Waals surface area contributed by atoms with E-state index < -0.39 is 0 Å². The lowest BCUT2D eigenvalue weighted by Crippen LogP contribution is -2.14. The van der Waals surface area contributed by atoms with Crippen molar-refractivity contribution < 1.29 is 0 Å². The van der Waals surface area contributed by atoms with E-state index in [1.165, 1.54) is 6.33 Å². The van der Waals surface area contributed by atoms with Gasteiger partial charge in [0.2, 0.25) is 0 Å². The van der Waals surface area contributed by atoms with E-state index >= 15 is 0 Å². The predicted molar refractivity (Wildman–Crippen MR) is 85.1 cm³/mol. The van der Waals surface area contributed by atoms with Crippen LogP contribution < -0.4 is 10.6 Å². The Morgan fingerprint density at radius 2 is 2.00 bits per heavy atom. The van der Waals surface area contributed by atoms with Gasteiger partial charge in [-0.15, -0.1) is 0 Å². The van der Waals surface area contributed by atoms with E-state index in [-0.39, 0.29) is 0 Å². The number of rotatable bonds is 3. The summed E-state index contributed by atoms with van der Waals surface area (Å²) in [4.78, 5) is 10.6. The first-order valence-electron chi connectivity index (χ1n) is 5.18. The van der Waals surface area contributed by atoms with Gasteiger partial charge in [0.25, 0.3) is 0 Å². The summed E-state index contributed by atoms with van der Waals surface area (Å²) < 4.78 is 0.996. The Morgan fingerprint density at radius 1 is 1.33 bits per heavy atom. The van der Waals surface area contributed by atoms with Crippen molar-refractivity contribution in [2.24, 2.45) is 5.73 Å². The lowest BCUT2D eigenvalue weighted by molar-refractivity contribution is 1.06. The second kappa shape index (κ2) is 5.57. The minimum absolute atomic E-state index is 0.404. The number of nitrogens with two attached hydrogens (primary N) is 1. The van der Waals surface area contributed by atoms with E-state index in [0.29, 0.717) is 4.99 Å². The third kappa shape index (κ3) is 2.75. The van der Waals surface area contributed by atoms with Crippen molar-refractivity contribution in [1.29, 1.82) is 0 Å². The van der Waals surface area contributed by atoms with Crippen LogP contribution in [0.3, 0.4) is 0 Å². The SMILES string of the molecule is CN(c1ccc(C(N)=S)cc1)c1ncncc1I. The fourth-order valence-corrected chi connectivity index (χ4v) is 2.32. The number of anilines is 2. The van der Waals surface area contributed by atoms with Crippen LogP contribution in [-0.4, -0.2) is 22.0 Å². The zero-order chi connectivity index (χ0) is 13.1. The van der Waals surface area contributed by atoms with Crippen LogP contribution in [0.1, 0.15) is 5.56 Å². The molecule has 0 bridgehead atoms. The van der Waals surface area contributed by atoms with E-state index in [2.05, 4.69) is 32.6 Å². The number of halogens is 1. The molecular formula is C12H11IN4S. The molecule has 0 aliphatic carbocycles. The second-order valence-corrected chi connectivity index (χ2v) is 5.27. The average Bonchev–Trinajstić information content (AvgIpc) is 2.38. The molecule has 0 aliphatic heterocycles. The van der Waals surface area contributed by atoms with Gasteiger partial charge in [-0.1, -0.05) is 12.2 Å². The Hall–Kier alpha value is -1.28. The number of aromatic nitrogens is 2. The molecule has 0 atom stereocenters. The van der Waals surface area contributed by atoms with E-state index in [9.17, 15) is 0 Å². The van der Waals surface area contributed by atoms with Gasteiger partial charge in [-0.05, 0) is 46.9 Å². The molecule has 0 amide bonds. The number of hydrogen-bond acceptors (Lipinski definition) is 4. The Labute approximate surface area is 124 Å². The summed E-state index contributed by atoms with van der Waals surface area (Å²) in [7, 11) is 1.96. The molecule has 1 heterocycles. The van der Waals surface area contributed by atoms with E-state index in [0.717, 1.165) is 20.6 Å². The number of benzene rings is 1. The summed E-state index contributed by atoms with van der Waals surface area (Å²) in [5, 5.41) is 0. The molecule has 1 aromatic carbocycles. The summed E-state index contributed by atoms with van der Waals surface area (Å²) in [6.07, 6.45) is 3.32. The highest BCUT2D eigenvalue weighted by Crippen LogP contribution is 2.25. The van der Waals surface area contributed by atoms with Crippen LogP contribution in [0.5, 0.6) is 0 Å². The quantitative estimate of drug-likeness (QED) is 0.665. The van der Waals surface area contributed by atoms with Crippen molar-refractivity contribution in [2.45, 2.75) is 0 Å². The molecule has 2 aromatic rings. The van der Waals surface area contributed by atoms with E-state index in [1.807, 2.05) is 36.2 Å². The van der Waals surface area contributed by atoms with Gasteiger partial charge in [-0.25, -0.2) is 9.97 Å². The van der Waals surface area contributed by atoms with Crippen molar-refractivity contribution in [3.63, 3.8) is 0 Å². The molecule has 0 saturated heterocycles. The predicted octanol–water partition coefficient (Wildman–Crippen LogP) is 2.48. The van der Waals surface area contributed by atoms with Crippen molar-refractivity contribution in [2.75, 3.05) is 11.9 Å². The van der Waals surface area contributed by atoms with Crippen molar-refractivity contribution in [3.8, 4) is 0 Å². The largest absolute Gasteiger partial charge is 0.389 e. The minimum Gasteiger partial charge on any atom is -0.389 e. The fraction of sp³-hybridized carbons (Fsp3) is 0.0833. The number of nitrogens with zero attached hydrogens (tertiary/aromatic N) is 3. The van der Waals surface area contributed by atoms with Crippen LogP contribution in [0, 0.1) is 3.57 Å². The van der Waals surface area contributed by atoms with Crippen molar-refractivity contribution >= 4 is 51.3 Å². The molecule has 6 heteroatoms. The zero-order valence-electron chi connectivity index (χ0n) is 9.67. The Morgan fingerprint density at radius 3 is 2.56 bits per heavy atom. The topological polar surface area (TPSA) is 55.0 Å². The Kier molecular flexibility index (Phi) is 4.07. The number of thiocarbonyl (C=S) groups is 1. The molecule has 0 radical (unpaired) electrons. The first kappa shape index (κ1) is 13.2. The lowest BCUT2D eigenvalue weighted by Gasteiger charge is -2.19. The maximum absolute atomic E-state index is 5.57. The zero-order valence-corrected chi connectivity index (χ0v) is 12.6. The van der Waals surface area contributed by atoms with Crippen molar-refractivity contribution in [1.82, 2.24) is 9.97 Å². The molecule has 0 saturated carbocycles. The van der Waals surface area contributed by atoms with Crippen molar-refractivity contribution in [3.05, 3.63) is 45.9 Å². The lowest BCUT2D eigenvalue weighted by atomic mass is 10.2. The van der Waals surface area contributed by atoms with E-state index in [1.54, 1.807) is 6.20 Å². The molecule has 0 unspecified atom stereocenters. The molecule has 18 heavy (non-hydrogen) atoms. The summed E-state index contributed by atoms with van der Waals surface area (Å²) in [6, 6.07) is 7.74. The molecule has 0 fully saturated rings.